The molecule has 5 heterocycles. The number of aryl methyl sites for hydroxylation is 1. The number of likely N-dealkylation sites (tertiary alicyclic amines) is 1. The molecule has 8 nitrogen and oxygen atoms in total. The molecule has 2 saturated heterocycles. The molecule has 2 fully saturated rings. The van der Waals surface area contributed by atoms with Crippen LogP contribution in [-0.2, 0) is 24.2 Å². The van der Waals surface area contributed by atoms with Gasteiger partial charge >= 0.3 is 0 Å². The third kappa shape index (κ3) is 4.09. The maximum Gasteiger partial charge on any atom is 0.228 e. The van der Waals surface area contributed by atoms with Crippen molar-refractivity contribution in [3.8, 4) is 0 Å². The molecule has 0 aromatic carbocycles. The number of rotatable bonds is 4. The molecule has 9 heteroatoms. The highest BCUT2D eigenvalue weighted by molar-refractivity contribution is 6.30. The van der Waals surface area contributed by atoms with Gasteiger partial charge < -0.3 is 19.1 Å². The maximum absolute atomic E-state index is 12.9. The fourth-order valence-corrected chi connectivity index (χ4v) is 6.37. The van der Waals surface area contributed by atoms with Crippen LogP contribution in [-0.4, -0.2) is 63.9 Å². The van der Waals surface area contributed by atoms with E-state index in [0.717, 1.165) is 74.8 Å². The highest BCUT2D eigenvalue weighted by Crippen LogP contribution is 2.42. The van der Waals surface area contributed by atoms with E-state index < -0.39 is 0 Å². The smallest absolute Gasteiger partial charge is 0.228 e. The monoisotopic (exact) mass is 507 g/mol. The molecule has 0 radical (unpaired) electrons. The first-order valence-corrected chi connectivity index (χ1v) is 13.5. The number of anilines is 2. The number of carbonyl (C=O) groups is 1. The molecular formula is C27H34ClN7O. The largest absolute Gasteiger partial charge is 0.356 e. The van der Waals surface area contributed by atoms with Crippen LogP contribution < -0.4 is 9.80 Å². The fourth-order valence-electron chi connectivity index (χ4n) is 6.21. The standard InChI is InChI=1S/C27H34ClN7O/c1-32-13-10-27(25(32)36)11-14-34(15-12-27)24-21-6-4-3-5-7-22(21)30-26(31-24)33(2)18-20-16-29-23-9-8-19(28)17-35(20)23/h8-9,16-17H,3-7,10-15,18H2,1-2H3. The van der Waals surface area contributed by atoms with Crippen molar-refractivity contribution in [3.05, 3.63) is 46.5 Å². The Labute approximate surface area is 217 Å². The topological polar surface area (TPSA) is 69.9 Å². The first-order chi connectivity index (χ1) is 17.4. The SMILES string of the molecule is CN1CCC2(CCN(c3nc(N(C)Cc4cnc5ccc(Cl)cn45)nc4c3CCCCC4)CC2)C1=O. The summed E-state index contributed by atoms with van der Waals surface area (Å²) in [5, 5.41) is 0.683. The molecule has 1 amide bonds. The first-order valence-electron chi connectivity index (χ1n) is 13.2. The van der Waals surface area contributed by atoms with E-state index in [0.29, 0.717) is 17.5 Å². The number of pyridine rings is 1. The summed E-state index contributed by atoms with van der Waals surface area (Å²) in [6.45, 7) is 3.25. The highest BCUT2D eigenvalue weighted by atomic mass is 35.5. The van der Waals surface area contributed by atoms with Crippen LogP contribution in [0, 0.1) is 5.41 Å². The van der Waals surface area contributed by atoms with Crippen molar-refractivity contribution in [1.29, 1.82) is 0 Å². The molecule has 0 atom stereocenters. The van der Waals surface area contributed by atoms with Crippen LogP contribution in [0.15, 0.2) is 24.5 Å². The number of nitrogens with zero attached hydrogens (tertiary/aromatic N) is 7. The number of hydrogen-bond donors (Lipinski definition) is 0. The number of fused-ring (bicyclic) bond motifs is 2. The quantitative estimate of drug-likeness (QED) is 0.494. The summed E-state index contributed by atoms with van der Waals surface area (Å²) < 4.78 is 2.03. The van der Waals surface area contributed by atoms with Gasteiger partial charge in [0.1, 0.15) is 11.5 Å². The highest BCUT2D eigenvalue weighted by Gasteiger charge is 2.47. The molecule has 0 N–H and O–H groups in total. The number of imidazole rings is 1. The number of piperidine rings is 1. The average molecular weight is 508 g/mol. The minimum Gasteiger partial charge on any atom is -0.356 e. The van der Waals surface area contributed by atoms with Gasteiger partial charge in [-0.3, -0.25) is 4.79 Å². The van der Waals surface area contributed by atoms with Crippen LogP contribution in [0.25, 0.3) is 5.65 Å². The van der Waals surface area contributed by atoms with E-state index >= 15 is 0 Å². The molecule has 2 aliphatic heterocycles. The third-order valence-corrected chi connectivity index (χ3v) is 8.66. The first kappa shape index (κ1) is 23.5. The maximum atomic E-state index is 12.9. The zero-order chi connectivity index (χ0) is 24.9. The van der Waals surface area contributed by atoms with Crippen LogP contribution in [0.4, 0.5) is 11.8 Å². The predicted octanol–water partition coefficient (Wildman–Crippen LogP) is 4.13. The summed E-state index contributed by atoms with van der Waals surface area (Å²) in [7, 11) is 3.98. The van der Waals surface area contributed by atoms with Crippen molar-refractivity contribution in [3.63, 3.8) is 0 Å². The third-order valence-electron chi connectivity index (χ3n) is 8.43. The van der Waals surface area contributed by atoms with Crippen molar-refractivity contribution in [1.82, 2.24) is 24.3 Å². The van der Waals surface area contributed by atoms with Crippen molar-refractivity contribution < 1.29 is 4.79 Å². The number of halogens is 1. The molecule has 0 unspecified atom stereocenters. The van der Waals surface area contributed by atoms with Gasteiger partial charge in [-0.2, -0.15) is 4.98 Å². The lowest BCUT2D eigenvalue weighted by Gasteiger charge is -2.39. The lowest BCUT2D eigenvalue weighted by atomic mass is 9.77. The zero-order valence-electron chi connectivity index (χ0n) is 21.2. The molecule has 3 aromatic rings. The van der Waals surface area contributed by atoms with Gasteiger partial charge in [0.15, 0.2) is 0 Å². The number of amides is 1. The van der Waals surface area contributed by atoms with E-state index in [9.17, 15) is 4.79 Å². The van der Waals surface area contributed by atoms with Crippen LogP contribution in [0.2, 0.25) is 5.02 Å². The Morgan fingerprint density at radius 3 is 2.61 bits per heavy atom. The molecule has 1 spiro atoms. The van der Waals surface area contributed by atoms with Gasteiger partial charge in [0.25, 0.3) is 0 Å². The van der Waals surface area contributed by atoms with Crippen molar-refractivity contribution >= 4 is 34.9 Å². The van der Waals surface area contributed by atoms with Crippen LogP contribution in [0.5, 0.6) is 0 Å². The second kappa shape index (κ2) is 9.21. The van der Waals surface area contributed by atoms with E-state index in [1.807, 2.05) is 47.9 Å². The van der Waals surface area contributed by atoms with Gasteiger partial charge in [0, 0.05) is 45.5 Å². The van der Waals surface area contributed by atoms with Crippen LogP contribution in [0.3, 0.4) is 0 Å². The molecule has 36 heavy (non-hydrogen) atoms. The molecule has 1 aliphatic carbocycles. The zero-order valence-corrected chi connectivity index (χ0v) is 22.0. The lowest BCUT2D eigenvalue weighted by Crippen LogP contribution is -2.45. The number of aromatic nitrogens is 4. The van der Waals surface area contributed by atoms with Crippen molar-refractivity contribution in [2.24, 2.45) is 5.41 Å². The van der Waals surface area contributed by atoms with E-state index in [1.54, 1.807) is 0 Å². The summed E-state index contributed by atoms with van der Waals surface area (Å²) >= 11 is 6.25. The second-order valence-corrected chi connectivity index (χ2v) is 11.2. The van der Waals surface area contributed by atoms with Gasteiger partial charge in [-0.25, -0.2) is 9.97 Å². The van der Waals surface area contributed by atoms with Gasteiger partial charge in [-0.1, -0.05) is 18.0 Å². The van der Waals surface area contributed by atoms with Gasteiger partial charge in [-0.15, -0.1) is 0 Å². The molecule has 0 saturated carbocycles. The van der Waals surface area contributed by atoms with Gasteiger partial charge in [0.2, 0.25) is 11.9 Å². The Kier molecular flexibility index (Phi) is 6.02. The van der Waals surface area contributed by atoms with Gasteiger partial charge in [0.05, 0.1) is 34.6 Å². The predicted molar refractivity (Wildman–Crippen MR) is 142 cm³/mol. The fraction of sp³-hybridized carbons (Fsp3) is 0.556. The van der Waals surface area contributed by atoms with Crippen LogP contribution in [0.1, 0.15) is 55.5 Å². The normalized spacial score (nSPS) is 19.7. The Hall–Kier alpha value is -2.87. The van der Waals surface area contributed by atoms with E-state index in [4.69, 9.17) is 21.6 Å². The molecule has 3 aliphatic rings. The van der Waals surface area contributed by atoms with Gasteiger partial charge in [-0.05, 0) is 57.1 Å². The number of carbonyl (C=O) groups excluding carboxylic acids is 1. The summed E-state index contributed by atoms with van der Waals surface area (Å²) in [5.74, 6) is 2.16. The molecule has 3 aromatic heterocycles. The Balaban J connectivity index is 1.30. The summed E-state index contributed by atoms with van der Waals surface area (Å²) in [6.07, 6.45) is 12.2. The van der Waals surface area contributed by atoms with E-state index in [-0.39, 0.29) is 5.41 Å². The average Bonchev–Trinajstić information content (AvgIpc) is 3.27. The molecular weight excluding hydrogens is 474 g/mol. The van der Waals surface area contributed by atoms with Crippen molar-refractivity contribution in [2.75, 3.05) is 43.5 Å². The second-order valence-electron chi connectivity index (χ2n) is 10.8. The lowest BCUT2D eigenvalue weighted by molar-refractivity contribution is -0.135. The summed E-state index contributed by atoms with van der Waals surface area (Å²) in [6, 6.07) is 3.79. The van der Waals surface area contributed by atoms with E-state index in [2.05, 4.69) is 14.8 Å². The number of hydrogen-bond acceptors (Lipinski definition) is 6. The minimum atomic E-state index is -0.167. The Morgan fingerprint density at radius 2 is 1.83 bits per heavy atom. The molecule has 190 valence electrons. The molecule has 6 rings (SSSR count). The molecule has 0 bridgehead atoms. The Bertz CT molecular complexity index is 1300. The minimum absolute atomic E-state index is 0.167. The summed E-state index contributed by atoms with van der Waals surface area (Å²) in [5.41, 5.74) is 4.26. The summed E-state index contributed by atoms with van der Waals surface area (Å²) in [4.78, 5) is 34.1. The Morgan fingerprint density at radius 1 is 1.06 bits per heavy atom. The van der Waals surface area contributed by atoms with Crippen LogP contribution >= 0.6 is 11.6 Å². The van der Waals surface area contributed by atoms with E-state index in [1.165, 1.54) is 30.5 Å². The van der Waals surface area contributed by atoms with Crippen molar-refractivity contribution in [2.45, 2.75) is 57.9 Å².